The van der Waals surface area contributed by atoms with Gasteiger partial charge in [0.25, 0.3) is 5.69 Å². The van der Waals surface area contributed by atoms with Crippen LogP contribution in [0, 0.1) is 10.1 Å². The SMILES string of the molecule is NCC(=O)Nc1cc([N+](=O)[O-])ccc1O. The minimum atomic E-state index is -0.627. The normalized spacial score (nSPS) is 9.67. The van der Waals surface area contributed by atoms with Gasteiger partial charge in [-0.15, -0.1) is 0 Å². The molecule has 4 N–H and O–H groups in total. The Hall–Kier alpha value is -2.15. The van der Waals surface area contributed by atoms with Gasteiger partial charge in [-0.05, 0) is 6.07 Å². The van der Waals surface area contributed by atoms with Crippen molar-refractivity contribution in [2.45, 2.75) is 0 Å². The summed E-state index contributed by atoms with van der Waals surface area (Å²) in [5, 5.41) is 21.9. The highest BCUT2D eigenvalue weighted by atomic mass is 16.6. The lowest BCUT2D eigenvalue weighted by Gasteiger charge is -2.05. The zero-order chi connectivity index (χ0) is 11.4. The first-order valence-electron chi connectivity index (χ1n) is 4.02. The summed E-state index contributed by atoms with van der Waals surface area (Å²) in [6.07, 6.45) is 0. The summed E-state index contributed by atoms with van der Waals surface area (Å²) >= 11 is 0. The topological polar surface area (TPSA) is 118 Å². The second-order valence-electron chi connectivity index (χ2n) is 2.71. The molecule has 0 saturated carbocycles. The number of amides is 1. The number of nitro groups is 1. The van der Waals surface area contributed by atoms with Crippen LogP contribution in [0.25, 0.3) is 0 Å². The van der Waals surface area contributed by atoms with E-state index < -0.39 is 10.8 Å². The van der Waals surface area contributed by atoms with Gasteiger partial charge in [-0.2, -0.15) is 0 Å². The first kappa shape index (κ1) is 10.9. The Bertz CT molecular complexity index is 405. The molecule has 0 radical (unpaired) electrons. The molecule has 0 aromatic heterocycles. The molecule has 7 heteroatoms. The fourth-order valence-electron chi connectivity index (χ4n) is 0.939. The number of nitro benzene ring substituents is 1. The molecule has 80 valence electrons. The summed E-state index contributed by atoms with van der Waals surface area (Å²) in [5.41, 5.74) is 4.79. The van der Waals surface area contributed by atoms with Crippen molar-refractivity contribution in [3.63, 3.8) is 0 Å². The van der Waals surface area contributed by atoms with Crippen molar-refractivity contribution in [1.82, 2.24) is 0 Å². The van der Waals surface area contributed by atoms with Crippen LogP contribution < -0.4 is 11.1 Å². The maximum atomic E-state index is 10.9. The minimum Gasteiger partial charge on any atom is -0.506 e. The molecule has 1 aromatic rings. The lowest BCUT2D eigenvalue weighted by molar-refractivity contribution is -0.384. The molecule has 0 heterocycles. The van der Waals surface area contributed by atoms with Crippen molar-refractivity contribution >= 4 is 17.3 Å². The van der Waals surface area contributed by atoms with E-state index in [1.807, 2.05) is 0 Å². The van der Waals surface area contributed by atoms with Crippen molar-refractivity contribution in [2.24, 2.45) is 5.73 Å². The number of nitrogens with zero attached hydrogens (tertiary/aromatic N) is 1. The quantitative estimate of drug-likeness (QED) is 0.375. The number of benzene rings is 1. The van der Waals surface area contributed by atoms with Gasteiger partial charge < -0.3 is 16.2 Å². The van der Waals surface area contributed by atoms with Gasteiger partial charge in [0.1, 0.15) is 5.75 Å². The van der Waals surface area contributed by atoms with Gasteiger partial charge in [0.15, 0.2) is 0 Å². The second-order valence-corrected chi connectivity index (χ2v) is 2.71. The van der Waals surface area contributed by atoms with E-state index in [2.05, 4.69) is 5.32 Å². The number of nitrogens with two attached hydrogens (primary N) is 1. The third kappa shape index (κ3) is 2.64. The first-order valence-corrected chi connectivity index (χ1v) is 4.02. The van der Waals surface area contributed by atoms with Crippen molar-refractivity contribution in [2.75, 3.05) is 11.9 Å². The molecule has 1 aromatic carbocycles. The molecule has 1 amide bonds. The predicted molar refractivity (Wildman–Crippen MR) is 52.4 cm³/mol. The smallest absolute Gasteiger partial charge is 0.271 e. The Labute approximate surface area is 84.7 Å². The fourth-order valence-corrected chi connectivity index (χ4v) is 0.939. The number of carbonyl (C=O) groups is 1. The Kier molecular flexibility index (Phi) is 3.19. The lowest BCUT2D eigenvalue weighted by atomic mass is 10.2. The number of phenolic OH excluding ortho intramolecular Hbond substituents is 1. The van der Waals surface area contributed by atoms with Crippen molar-refractivity contribution in [3.05, 3.63) is 28.3 Å². The van der Waals surface area contributed by atoms with E-state index in [0.29, 0.717) is 0 Å². The molecule has 0 bridgehead atoms. The third-order valence-corrected chi connectivity index (χ3v) is 1.65. The third-order valence-electron chi connectivity index (χ3n) is 1.65. The molecule has 0 aliphatic carbocycles. The number of hydrogen-bond acceptors (Lipinski definition) is 5. The number of non-ortho nitro benzene ring substituents is 1. The van der Waals surface area contributed by atoms with Crippen LogP contribution in [0.2, 0.25) is 0 Å². The molecule has 0 spiro atoms. The minimum absolute atomic E-state index is 0.0281. The van der Waals surface area contributed by atoms with Crippen LogP contribution in [-0.2, 0) is 4.79 Å². The van der Waals surface area contributed by atoms with Crippen LogP contribution in [0.1, 0.15) is 0 Å². The molecule has 0 atom stereocenters. The zero-order valence-corrected chi connectivity index (χ0v) is 7.64. The first-order chi connectivity index (χ1) is 7.04. The Morgan fingerprint density at radius 2 is 2.27 bits per heavy atom. The van der Waals surface area contributed by atoms with Crippen LogP contribution in [0.15, 0.2) is 18.2 Å². The van der Waals surface area contributed by atoms with E-state index >= 15 is 0 Å². The Balaban J connectivity index is 3.00. The Morgan fingerprint density at radius 1 is 1.60 bits per heavy atom. The van der Waals surface area contributed by atoms with Crippen LogP contribution in [0.4, 0.5) is 11.4 Å². The number of nitrogens with one attached hydrogen (secondary N) is 1. The standard InChI is InChI=1S/C8H9N3O4/c9-4-8(13)10-6-3-5(11(14)15)1-2-7(6)12/h1-3,12H,4,9H2,(H,10,13). The van der Waals surface area contributed by atoms with E-state index in [1.54, 1.807) is 0 Å². The van der Waals surface area contributed by atoms with Gasteiger partial charge in [-0.3, -0.25) is 14.9 Å². The van der Waals surface area contributed by atoms with Crippen LogP contribution >= 0.6 is 0 Å². The van der Waals surface area contributed by atoms with E-state index in [1.165, 1.54) is 0 Å². The van der Waals surface area contributed by atoms with E-state index in [9.17, 15) is 20.0 Å². The summed E-state index contributed by atoms with van der Waals surface area (Å²) in [4.78, 5) is 20.7. The van der Waals surface area contributed by atoms with Crippen LogP contribution in [-0.4, -0.2) is 22.5 Å². The lowest BCUT2D eigenvalue weighted by Crippen LogP contribution is -2.21. The molecular weight excluding hydrogens is 202 g/mol. The van der Waals surface area contributed by atoms with Crippen molar-refractivity contribution < 1.29 is 14.8 Å². The van der Waals surface area contributed by atoms with Gasteiger partial charge in [-0.25, -0.2) is 0 Å². The molecule has 15 heavy (non-hydrogen) atoms. The molecule has 0 saturated heterocycles. The summed E-state index contributed by atoms with van der Waals surface area (Å²) < 4.78 is 0. The molecular formula is C8H9N3O4. The predicted octanol–water partition coefficient (Wildman–Crippen LogP) is 0.198. The van der Waals surface area contributed by atoms with Crippen LogP contribution in [0.3, 0.4) is 0 Å². The van der Waals surface area contributed by atoms with E-state index in [-0.39, 0.29) is 23.7 Å². The molecule has 7 nitrogen and oxygen atoms in total. The summed E-state index contributed by atoms with van der Waals surface area (Å²) in [6, 6.07) is 3.32. The zero-order valence-electron chi connectivity index (χ0n) is 7.64. The van der Waals surface area contributed by atoms with Gasteiger partial charge in [-0.1, -0.05) is 0 Å². The Morgan fingerprint density at radius 3 is 2.80 bits per heavy atom. The van der Waals surface area contributed by atoms with Crippen LogP contribution in [0.5, 0.6) is 5.75 Å². The second kappa shape index (κ2) is 4.38. The average molecular weight is 211 g/mol. The number of carbonyl (C=O) groups excluding carboxylic acids is 1. The highest BCUT2D eigenvalue weighted by molar-refractivity contribution is 5.93. The highest BCUT2D eigenvalue weighted by Crippen LogP contribution is 2.27. The van der Waals surface area contributed by atoms with Gasteiger partial charge in [0, 0.05) is 12.1 Å². The van der Waals surface area contributed by atoms with Crippen molar-refractivity contribution in [3.8, 4) is 5.75 Å². The van der Waals surface area contributed by atoms with Crippen molar-refractivity contribution in [1.29, 1.82) is 0 Å². The number of hydrogen-bond donors (Lipinski definition) is 3. The summed E-state index contributed by atoms with van der Waals surface area (Å²) in [7, 11) is 0. The molecule has 0 aliphatic rings. The van der Waals surface area contributed by atoms with Gasteiger partial charge in [0.2, 0.25) is 5.91 Å². The monoisotopic (exact) mass is 211 g/mol. The van der Waals surface area contributed by atoms with Gasteiger partial charge >= 0.3 is 0 Å². The van der Waals surface area contributed by atoms with E-state index in [4.69, 9.17) is 5.73 Å². The number of anilines is 1. The molecule has 1 rings (SSSR count). The maximum absolute atomic E-state index is 10.9. The summed E-state index contributed by atoms with van der Waals surface area (Å²) in [6.45, 7) is -0.262. The number of phenols is 1. The average Bonchev–Trinajstić information content (AvgIpc) is 2.20. The maximum Gasteiger partial charge on any atom is 0.271 e. The molecule has 0 unspecified atom stereocenters. The largest absolute Gasteiger partial charge is 0.506 e. The van der Waals surface area contributed by atoms with E-state index in [0.717, 1.165) is 18.2 Å². The number of aromatic hydroxyl groups is 1. The highest BCUT2D eigenvalue weighted by Gasteiger charge is 2.11. The number of rotatable bonds is 3. The summed E-state index contributed by atoms with van der Waals surface area (Å²) in [5.74, 6) is -0.784. The fraction of sp³-hybridized carbons (Fsp3) is 0.125. The molecule has 0 fully saturated rings. The molecule has 0 aliphatic heterocycles. The van der Waals surface area contributed by atoms with Gasteiger partial charge in [0.05, 0.1) is 17.2 Å².